The molecule has 0 bridgehead atoms. The molecule has 4 nitrogen and oxygen atoms in total. The number of amidine groups is 1. The molecular formula is C13H20N4. The standard InChI is InChI=1S/C13H20N4/c1-16(2)10-7-8-17(9-10)13(15)11-5-3-4-6-12(11)14/h3-6,10,15H,7-9,14H2,1-2H3. The highest BCUT2D eigenvalue weighted by Crippen LogP contribution is 2.19. The summed E-state index contributed by atoms with van der Waals surface area (Å²) in [7, 11) is 4.18. The quantitative estimate of drug-likeness (QED) is 0.458. The third kappa shape index (κ3) is 2.42. The first-order valence-corrected chi connectivity index (χ1v) is 5.94. The van der Waals surface area contributed by atoms with E-state index in [9.17, 15) is 0 Å². The minimum Gasteiger partial charge on any atom is -0.398 e. The van der Waals surface area contributed by atoms with Crippen molar-refractivity contribution >= 4 is 11.5 Å². The number of likely N-dealkylation sites (N-methyl/N-ethyl adjacent to an activating group) is 1. The second kappa shape index (κ2) is 4.75. The van der Waals surface area contributed by atoms with E-state index in [1.54, 1.807) is 0 Å². The Morgan fingerprint density at radius 2 is 2.12 bits per heavy atom. The van der Waals surface area contributed by atoms with Crippen LogP contribution in [-0.4, -0.2) is 48.9 Å². The molecule has 17 heavy (non-hydrogen) atoms. The minimum atomic E-state index is 0.542. The largest absolute Gasteiger partial charge is 0.398 e. The number of anilines is 1. The Bertz CT molecular complexity index is 414. The van der Waals surface area contributed by atoms with Crippen LogP contribution < -0.4 is 5.73 Å². The second-order valence-electron chi connectivity index (χ2n) is 4.79. The van der Waals surface area contributed by atoms with Crippen LogP contribution in [0, 0.1) is 5.41 Å². The normalized spacial score (nSPS) is 19.9. The Morgan fingerprint density at radius 1 is 1.41 bits per heavy atom. The topological polar surface area (TPSA) is 56.4 Å². The molecular weight excluding hydrogens is 212 g/mol. The van der Waals surface area contributed by atoms with Crippen LogP contribution >= 0.6 is 0 Å². The number of hydrogen-bond acceptors (Lipinski definition) is 3. The van der Waals surface area contributed by atoms with Gasteiger partial charge in [-0.2, -0.15) is 0 Å². The van der Waals surface area contributed by atoms with Gasteiger partial charge in [0, 0.05) is 30.4 Å². The van der Waals surface area contributed by atoms with Gasteiger partial charge in [-0.3, -0.25) is 5.41 Å². The lowest BCUT2D eigenvalue weighted by atomic mass is 10.1. The van der Waals surface area contributed by atoms with Gasteiger partial charge in [0.15, 0.2) is 0 Å². The molecule has 1 aliphatic heterocycles. The first kappa shape index (κ1) is 11.9. The Morgan fingerprint density at radius 3 is 2.71 bits per heavy atom. The summed E-state index contributed by atoms with van der Waals surface area (Å²) in [5.74, 6) is 0.549. The van der Waals surface area contributed by atoms with Gasteiger partial charge in [-0.15, -0.1) is 0 Å². The lowest BCUT2D eigenvalue weighted by Crippen LogP contribution is -2.34. The highest BCUT2D eigenvalue weighted by atomic mass is 15.2. The predicted octanol–water partition coefficient (Wildman–Crippen LogP) is 1.23. The van der Waals surface area contributed by atoms with Crippen molar-refractivity contribution in [2.24, 2.45) is 0 Å². The van der Waals surface area contributed by atoms with Crippen molar-refractivity contribution in [3.63, 3.8) is 0 Å². The fourth-order valence-electron chi connectivity index (χ4n) is 2.25. The summed E-state index contributed by atoms with van der Waals surface area (Å²) < 4.78 is 0. The van der Waals surface area contributed by atoms with Gasteiger partial charge in [-0.05, 0) is 32.6 Å². The van der Waals surface area contributed by atoms with E-state index in [1.165, 1.54) is 0 Å². The molecule has 0 aliphatic carbocycles. The average Bonchev–Trinajstić information content (AvgIpc) is 2.78. The summed E-state index contributed by atoms with van der Waals surface area (Å²) in [5.41, 5.74) is 7.43. The van der Waals surface area contributed by atoms with Crippen molar-refractivity contribution in [3.05, 3.63) is 29.8 Å². The summed E-state index contributed by atoms with van der Waals surface area (Å²) in [6.07, 6.45) is 1.11. The van der Waals surface area contributed by atoms with Crippen LogP contribution in [-0.2, 0) is 0 Å². The lowest BCUT2D eigenvalue weighted by molar-refractivity contribution is 0.301. The molecule has 1 aliphatic rings. The molecule has 0 aromatic heterocycles. The summed E-state index contributed by atoms with van der Waals surface area (Å²) in [5, 5.41) is 8.23. The molecule has 0 amide bonds. The molecule has 1 aromatic rings. The number of nitrogens with zero attached hydrogens (tertiary/aromatic N) is 2. The monoisotopic (exact) mass is 232 g/mol. The van der Waals surface area contributed by atoms with E-state index >= 15 is 0 Å². The molecule has 4 heteroatoms. The summed E-state index contributed by atoms with van der Waals surface area (Å²) >= 11 is 0. The molecule has 2 rings (SSSR count). The zero-order chi connectivity index (χ0) is 12.4. The number of likely N-dealkylation sites (tertiary alicyclic amines) is 1. The molecule has 1 atom stereocenters. The summed E-state index contributed by atoms with van der Waals surface area (Å²) in [6.45, 7) is 1.86. The van der Waals surface area contributed by atoms with Crippen LogP contribution in [0.2, 0.25) is 0 Å². The van der Waals surface area contributed by atoms with Crippen LogP contribution in [0.4, 0.5) is 5.69 Å². The van der Waals surface area contributed by atoms with Gasteiger partial charge in [0.2, 0.25) is 0 Å². The van der Waals surface area contributed by atoms with E-state index in [1.807, 2.05) is 24.3 Å². The summed E-state index contributed by atoms with van der Waals surface area (Å²) in [4.78, 5) is 4.33. The minimum absolute atomic E-state index is 0.542. The van der Waals surface area contributed by atoms with Gasteiger partial charge < -0.3 is 15.5 Å². The SMILES string of the molecule is CN(C)C1CCN(C(=N)c2ccccc2N)C1. The van der Waals surface area contributed by atoms with Crippen molar-refractivity contribution in [2.75, 3.05) is 32.9 Å². The fraction of sp³-hybridized carbons (Fsp3) is 0.462. The van der Waals surface area contributed by atoms with E-state index in [4.69, 9.17) is 11.1 Å². The molecule has 92 valence electrons. The number of nitrogen functional groups attached to an aromatic ring is 1. The Kier molecular flexibility index (Phi) is 3.33. The van der Waals surface area contributed by atoms with Crippen molar-refractivity contribution < 1.29 is 0 Å². The van der Waals surface area contributed by atoms with Gasteiger partial charge in [-0.1, -0.05) is 12.1 Å². The van der Waals surface area contributed by atoms with Crippen molar-refractivity contribution in [1.29, 1.82) is 5.41 Å². The Balaban J connectivity index is 2.10. The highest BCUT2D eigenvalue weighted by Gasteiger charge is 2.26. The fourth-order valence-corrected chi connectivity index (χ4v) is 2.25. The van der Waals surface area contributed by atoms with Gasteiger partial charge in [-0.25, -0.2) is 0 Å². The smallest absolute Gasteiger partial charge is 0.130 e. The van der Waals surface area contributed by atoms with Gasteiger partial charge in [0.05, 0.1) is 0 Å². The molecule has 0 radical (unpaired) electrons. The van der Waals surface area contributed by atoms with Crippen LogP contribution in [0.15, 0.2) is 24.3 Å². The van der Waals surface area contributed by atoms with Crippen LogP contribution in [0.25, 0.3) is 0 Å². The van der Waals surface area contributed by atoms with E-state index in [2.05, 4.69) is 23.9 Å². The van der Waals surface area contributed by atoms with Gasteiger partial charge in [0.25, 0.3) is 0 Å². The van der Waals surface area contributed by atoms with E-state index in [0.29, 0.717) is 17.6 Å². The van der Waals surface area contributed by atoms with E-state index < -0.39 is 0 Å². The molecule has 0 saturated carbocycles. The van der Waals surface area contributed by atoms with E-state index in [-0.39, 0.29) is 0 Å². The highest BCUT2D eigenvalue weighted by molar-refractivity contribution is 6.01. The second-order valence-corrected chi connectivity index (χ2v) is 4.79. The predicted molar refractivity (Wildman–Crippen MR) is 71.3 cm³/mol. The van der Waals surface area contributed by atoms with Gasteiger partial charge in [0.1, 0.15) is 5.84 Å². The maximum atomic E-state index is 8.23. The maximum absolute atomic E-state index is 8.23. The third-order valence-corrected chi connectivity index (χ3v) is 3.43. The molecule has 1 fully saturated rings. The molecule has 3 N–H and O–H groups in total. The van der Waals surface area contributed by atoms with Crippen molar-refractivity contribution in [1.82, 2.24) is 9.80 Å². The van der Waals surface area contributed by atoms with Crippen LogP contribution in [0.5, 0.6) is 0 Å². The first-order chi connectivity index (χ1) is 8.09. The first-order valence-electron chi connectivity index (χ1n) is 5.94. The zero-order valence-corrected chi connectivity index (χ0v) is 10.5. The number of benzene rings is 1. The number of hydrogen-bond donors (Lipinski definition) is 2. The Labute approximate surface area is 103 Å². The number of nitrogens with one attached hydrogen (secondary N) is 1. The number of nitrogens with two attached hydrogens (primary N) is 1. The van der Waals surface area contributed by atoms with Crippen molar-refractivity contribution in [3.8, 4) is 0 Å². The number of para-hydroxylation sites is 1. The molecule has 1 aromatic carbocycles. The average molecular weight is 232 g/mol. The van der Waals surface area contributed by atoms with Crippen molar-refractivity contribution in [2.45, 2.75) is 12.5 Å². The molecule has 1 saturated heterocycles. The molecule has 0 spiro atoms. The summed E-state index contributed by atoms with van der Waals surface area (Å²) in [6, 6.07) is 8.14. The van der Waals surface area contributed by atoms with Crippen LogP contribution in [0.3, 0.4) is 0 Å². The molecule has 1 heterocycles. The molecule has 1 unspecified atom stereocenters. The van der Waals surface area contributed by atoms with Crippen LogP contribution in [0.1, 0.15) is 12.0 Å². The Hall–Kier alpha value is -1.55. The number of rotatable bonds is 2. The zero-order valence-electron chi connectivity index (χ0n) is 10.5. The van der Waals surface area contributed by atoms with Gasteiger partial charge >= 0.3 is 0 Å². The lowest BCUT2D eigenvalue weighted by Gasteiger charge is -2.22. The maximum Gasteiger partial charge on any atom is 0.130 e. The third-order valence-electron chi connectivity index (χ3n) is 3.43. The van der Waals surface area contributed by atoms with E-state index in [0.717, 1.165) is 25.1 Å².